The normalized spacial score (nSPS) is 10.4. The van der Waals surface area contributed by atoms with Crippen LogP contribution in [-0.2, 0) is 11.2 Å². The van der Waals surface area contributed by atoms with Crippen LogP contribution in [0, 0.1) is 0 Å². The van der Waals surface area contributed by atoms with Crippen molar-refractivity contribution in [2.75, 3.05) is 6.54 Å². The Morgan fingerprint density at radius 1 is 1.37 bits per heavy atom. The quantitative estimate of drug-likeness (QED) is 0.853. The fourth-order valence-electron chi connectivity index (χ4n) is 1.55. The van der Waals surface area contributed by atoms with Gasteiger partial charge in [-0.25, -0.2) is 0 Å². The van der Waals surface area contributed by atoms with E-state index in [1.165, 1.54) is 0 Å². The van der Waals surface area contributed by atoms with E-state index in [0.717, 1.165) is 12.0 Å². The van der Waals surface area contributed by atoms with Crippen molar-refractivity contribution in [3.63, 3.8) is 0 Å². The maximum atomic E-state index is 11.4. The fraction of sp³-hybridized carbons (Fsp3) is 0.385. The lowest BCUT2D eigenvalue weighted by Gasteiger charge is -2.00. The molecule has 0 fully saturated rings. The molecule has 2 aromatic heterocycles. The molecule has 0 radical (unpaired) electrons. The van der Waals surface area contributed by atoms with Gasteiger partial charge in [0, 0.05) is 37.3 Å². The summed E-state index contributed by atoms with van der Waals surface area (Å²) in [7, 11) is 0. The Hall–Kier alpha value is -2.24. The van der Waals surface area contributed by atoms with Crippen molar-refractivity contribution >= 4 is 5.91 Å². The first-order valence-electron chi connectivity index (χ1n) is 6.29. The van der Waals surface area contributed by atoms with E-state index in [1.807, 2.05) is 19.1 Å². The third-order valence-corrected chi connectivity index (χ3v) is 2.54. The molecule has 2 rings (SSSR count). The highest BCUT2D eigenvalue weighted by atomic mass is 16.5. The lowest BCUT2D eigenvalue weighted by Crippen LogP contribution is -2.24. The minimum Gasteiger partial charge on any atom is -0.356 e. The summed E-state index contributed by atoms with van der Waals surface area (Å²) >= 11 is 0. The highest BCUT2D eigenvalue weighted by molar-refractivity contribution is 5.75. The van der Waals surface area contributed by atoms with Crippen LogP contribution in [0.2, 0.25) is 0 Å². The van der Waals surface area contributed by atoms with E-state index < -0.39 is 0 Å². The monoisotopic (exact) mass is 260 g/mol. The average Bonchev–Trinajstić information content (AvgIpc) is 2.93. The summed E-state index contributed by atoms with van der Waals surface area (Å²) in [6, 6.07) is 3.62. The molecule has 6 nitrogen and oxygen atoms in total. The molecule has 0 atom stereocenters. The number of rotatable bonds is 6. The summed E-state index contributed by atoms with van der Waals surface area (Å²) in [6.07, 6.45) is 5.08. The zero-order chi connectivity index (χ0) is 13.5. The van der Waals surface area contributed by atoms with Crippen molar-refractivity contribution in [3.05, 3.63) is 30.4 Å². The van der Waals surface area contributed by atoms with Crippen molar-refractivity contribution in [2.24, 2.45) is 0 Å². The zero-order valence-electron chi connectivity index (χ0n) is 10.8. The second kappa shape index (κ2) is 6.63. The van der Waals surface area contributed by atoms with E-state index in [2.05, 4.69) is 20.4 Å². The van der Waals surface area contributed by atoms with Gasteiger partial charge in [-0.1, -0.05) is 12.1 Å². The maximum Gasteiger partial charge on any atom is 0.227 e. The van der Waals surface area contributed by atoms with Gasteiger partial charge in [0.05, 0.1) is 0 Å². The van der Waals surface area contributed by atoms with E-state index in [4.69, 9.17) is 4.52 Å². The Morgan fingerprint density at radius 3 is 2.89 bits per heavy atom. The molecule has 0 aliphatic rings. The predicted molar refractivity (Wildman–Crippen MR) is 69.2 cm³/mol. The van der Waals surface area contributed by atoms with Gasteiger partial charge < -0.3 is 9.84 Å². The summed E-state index contributed by atoms with van der Waals surface area (Å²) in [5, 5.41) is 6.68. The first-order chi connectivity index (χ1) is 9.29. The molecule has 0 aromatic carbocycles. The second-order valence-electron chi connectivity index (χ2n) is 4.10. The van der Waals surface area contributed by atoms with Gasteiger partial charge in [-0.05, 0) is 18.6 Å². The van der Waals surface area contributed by atoms with Gasteiger partial charge in [0.1, 0.15) is 0 Å². The topological polar surface area (TPSA) is 80.9 Å². The molecule has 1 N–H and O–H groups in total. The Morgan fingerprint density at radius 2 is 2.16 bits per heavy atom. The van der Waals surface area contributed by atoms with Crippen molar-refractivity contribution in [2.45, 2.75) is 26.2 Å². The van der Waals surface area contributed by atoms with Crippen LogP contribution in [0.4, 0.5) is 0 Å². The van der Waals surface area contributed by atoms with Gasteiger partial charge in [-0.15, -0.1) is 0 Å². The number of pyridine rings is 1. The summed E-state index contributed by atoms with van der Waals surface area (Å²) in [4.78, 5) is 19.6. The van der Waals surface area contributed by atoms with Crippen molar-refractivity contribution in [1.82, 2.24) is 20.4 Å². The molecule has 100 valence electrons. The molecular formula is C13H16N4O2. The molecule has 2 heterocycles. The predicted octanol–water partition coefficient (Wildman–Crippen LogP) is 1.59. The minimum absolute atomic E-state index is 0.00510. The molecule has 0 saturated heterocycles. The number of hydrogen-bond donors (Lipinski definition) is 1. The lowest BCUT2D eigenvalue weighted by atomic mass is 10.2. The van der Waals surface area contributed by atoms with Gasteiger partial charge in [0.25, 0.3) is 0 Å². The highest BCUT2D eigenvalue weighted by Gasteiger charge is 2.10. The third-order valence-electron chi connectivity index (χ3n) is 2.54. The number of aromatic nitrogens is 3. The van der Waals surface area contributed by atoms with E-state index in [9.17, 15) is 4.79 Å². The van der Waals surface area contributed by atoms with Gasteiger partial charge in [0.15, 0.2) is 0 Å². The van der Waals surface area contributed by atoms with Crippen LogP contribution in [0.25, 0.3) is 11.4 Å². The van der Waals surface area contributed by atoms with E-state index >= 15 is 0 Å². The summed E-state index contributed by atoms with van der Waals surface area (Å²) in [6.45, 7) is 2.71. The van der Waals surface area contributed by atoms with Gasteiger partial charge >= 0.3 is 0 Å². The highest BCUT2D eigenvalue weighted by Crippen LogP contribution is 2.14. The van der Waals surface area contributed by atoms with Crippen LogP contribution >= 0.6 is 0 Å². The van der Waals surface area contributed by atoms with Crippen molar-refractivity contribution in [3.8, 4) is 11.4 Å². The maximum absolute atomic E-state index is 11.4. The number of hydrogen-bond acceptors (Lipinski definition) is 5. The molecule has 19 heavy (non-hydrogen) atoms. The third kappa shape index (κ3) is 3.87. The van der Waals surface area contributed by atoms with Gasteiger partial charge in [-0.2, -0.15) is 4.98 Å². The largest absolute Gasteiger partial charge is 0.356 e. The average molecular weight is 260 g/mol. The van der Waals surface area contributed by atoms with E-state index in [1.54, 1.807) is 12.4 Å². The van der Waals surface area contributed by atoms with Crippen LogP contribution in [0.3, 0.4) is 0 Å². The van der Waals surface area contributed by atoms with Crippen LogP contribution in [0.15, 0.2) is 29.0 Å². The van der Waals surface area contributed by atoms with E-state index in [0.29, 0.717) is 31.1 Å². The Kier molecular flexibility index (Phi) is 4.60. The second-order valence-corrected chi connectivity index (χ2v) is 4.10. The molecular weight excluding hydrogens is 244 g/mol. The first kappa shape index (κ1) is 13.2. The molecule has 0 aliphatic carbocycles. The minimum atomic E-state index is 0.00510. The van der Waals surface area contributed by atoms with E-state index in [-0.39, 0.29) is 5.91 Å². The van der Waals surface area contributed by atoms with Crippen LogP contribution in [-0.4, -0.2) is 27.6 Å². The molecule has 2 aromatic rings. The number of nitrogens with one attached hydrogen (secondary N) is 1. The summed E-state index contributed by atoms with van der Waals surface area (Å²) < 4.78 is 5.11. The molecule has 0 saturated carbocycles. The fourth-order valence-corrected chi connectivity index (χ4v) is 1.55. The molecule has 0 unspecified atom stereocenters. The Bertz CT molecular complexity index is 524. The molecule has 0 spiro atoms. The Labute approximate surface area is 111 Å². The number of nitrogens with zero attached hydrogens (tertiary/aromatic N) is 3. The van der Waals surface area contributed by atoms with Crippen LogP contribution < -0.4 is 5.32 Å². The van der Waals surface area contributed by atoms with Crippen molar-refractivity contribution in [1.29, 1.82) is 0 Å². The summed E-state index contributed by atoms with van der Waals surface area (Å²) in [5.41, 5.74) is 0.848. The Balaban J connectivity index is 1.90. The molecule has 1 amide bonds. The first-order valence-corrected chi connectivity index (χ1v) is 6.29. The summed E-state index contributed by atoms with van der Waals surface area (Å²) in [5.74, 6) is 0.996. The molecule has 6 heteroatoms. The zero-order valence-corrected chi connectivity index (χ0v) is 10.8. The van der Waals surface area contributed by atoms with Gasteiger partial charge in [0.2, 0.25) is 17.6 Å². The number of carbonyl (C=O) groups is 1. The van der Waals surface area contributed by atoms with Gasteiger partial charge in [-0.3, -0.25) is 9.78 Å². The molecule has 0 aliphatic heterocycles. The standard InChI is InChI=1S/C13H16N4O2/c1-2-7-15-11(18)3-4-12-16-13(17-19-12)10-5-8-14-9-6-10/h5-6,8-9H,2-4,7H2,1H3,(H,15,18). The van der Waals surface area contributed by atoms with Crippen LogP contribution in [0.5, 0.6) is 0 Å². The number of aryl methyl sites for hydroxylation is 1. The molecule has 0 bridgehead atoms. The van der Waals surface area contributed by atoms with Crippen molar-refractivity contribution < 1.29 is 9.32 Å². The number of amides is 1. The number of carbonyl (C=O) groups excluding carboxylic acids is 1. The lowest BCUT2D eigenvalue weighted by molar-refractivity contribution is -0.121. The van der Waals surface area contributed by atoms with Crippen LogP contribution in [0.1, 0.15) is 25.7 Å². The SMILES string of the molecule is CCCNC(=O)CCc1nc(-c2ccncc2)no1. The smallest absolute Gasteiger partial charge is 0.227 e.